The van der Waals surface area contributed by atoms with Crippen LogP contribution in [-0.4, -0.2) is 0 Å². The molecule has 272 valence electrons. The van der Waals surface area contributed by atoms with Gasteiger partial charge in [-0.3, -0.25) is 0 Å². The SMILES string of the molecule is Cc1ccc(N(c2ccc(C(C)(C)C)cc2)c2ccc3cc(N(c4ccc(C)cc4)c4c(C)cc(C(C)(C)C)cc4C)cc(-c4ccccc4)c3c2)cc1. The Hall–Kier alpha value is -5.60. The summed E-state index contributed by atoms with van der Waals surface area (Å²) in [5, 5.41) is 2.41. The highest BCUT2D eigenvalue weighted by Crippen LogP contribution is 2.45. The van der Waals surface area contributed by atoms with Gasteiger partial charge >= 0.3 is 0 Å². The van der Waals surface area contributed by atoms with Crippen molar-refractivity contribution in [3.63, 3.8) is 0 Å². The standard InChI is InChI=1S/C52H54N2/c1-35-16-23-43(24-17-35)53(44-28-21-41(22-29-44)51(5,6)7)46-27-20-40-32-47(34-48(49(40)33-46)39-14-12-11-13-15-39)54(45-25-18-36(2)19-26-45)50-37(3)30-42(31-38(50)4)52(8,9)10/h11-34H,1-10H3. The summed E-state index contributed by atoms with van der Waals surface area (Å²) in [6.45, 7) is 22.5. The van der Waals surface area contributed by atoms with Gasteiger partial charge in [-0.05, 0) is 143 Å². The molecule has 0 bridgehead atoms. The average molecular weight is 707 g/mol. The number of nitrogens with zero attached hydrogens (tertiary/aromatic N) is 2. The Morgan fingerprint density at radius 3 is 1.39 bits per heavy atom. The van der Waals surface area contributed by atoms with Crippen LogP contribution in [0.4, 0.5) is 34.1 Å². The Kier molecular flexibility index (Phi) is 9.75. The summed E-state index contributed by atoms with van der Waals surface area (Å²) in [6.07, 6.45) is 0. The van der Waals surface area contributed by atoms with E-state index in [1.54, 1.807) is 0 Å². The fraction of sp³-hybridized carbons (Fsp3) is 0.231. The van der Waals surface area contributed by atoms with E-state index >= 15 is 0 Å². The van der Waals surface area contributed by atoms with E-state index in [0.717, 1.165) is 28.4 Å². The van der Waals surface area contributed by atoms with Crippen LogP contribution in [0.15, 0.2) is 146 Å². The van der Waals surface area contributed by atoms with Crippen molar-refractivity contribution in [3.8, 4) is 11.1 Å². The van der Waals surface area contributed by atoms with Gasteiger partial charge in [0.1, 0.15) is 0 Å². The van der Waals surface area contributed by atoms with E-state index in [9.17, 15) is 0 Å². The molecule has 0 atom stereocenters. The fourth-order valence-electron chi connectivity index (χ4n) is 7.55. The number of aryl methyl sites for hydroxylation is 4. The third kappa shape index (κ3) is 7.44. The molecule has 0 aliphatic carbocycles. The second-order valence-electron chi connectivity index (χ2n) is 17.1. The first kappa shape index (κ1) is 36.7. The molecular weight excluding hydrogens is 653 g/mol. The van der Waals surface area contributed by atoms with Crippen LogP contribution >= 0.6 is 0 Å². The Balaban J connectivity index is 1.46. The Bertz CT molecular complexity index is 2380. The molecule has 0 radical (unpaired) electrons. The summed E-state index contributed by atoms with van der Waals surface area (Å²) in [4.78, 5) is 4.85. The highest BCUT2D eigenvalue weighted by atomic mass is 15.2. The smallest absolute Gasteiger partial charge is 0.0520 e. The number of rotatable bonds is 7. The predicted octanol–water partition coefficient (Wildman–Crippen LogP) is 15.3. The van der Waals surface area contributed by atoms with Gasteiger partial charge in [-0.25, -0.2) is 0 Å². The summed E-state index contributed by atoms with van der Waals surface area (Å²) in [7, 11) is 0. The Labute approximate surface area is 323 Å². The van der Waals surface area contributed by atoms with Crippen LogP contribution in [0.2, 0.25) is 0 Å². The van der Waals surface area contributed by atoms with Gasteiger partial charge in [0.2, 0.25) is 0 Å². The molecule has 2 nitrogen and oxygen atoms in total. The second-order valence-corrected chi connectivity index (χ2v) is 17.1. The normalized spacial score (nSPS) is 11.9. The zero-order chi connectivity index (χ0) is 38.4. The molecule has 0 amide bonds. The lowest BCUT2D eigenvalue weighted by molar-refractivity contribution is 0.589. The minimum Gasteiger partial charge on any atom is -0.310 e. The molecule has 0 heterocycles. The van der Waals surface area contributed by atoms with E-state index in [1.165, 1.54) is 61.0 Å². The third-order valence-corrected chi connectivity index (χ3v) is 10.7. The molecule has 2 heteroatoms. The minimum absolute atomic E-state index is 0.0605. The number of hydrogen-bond donors (Lipinski definition) is 0. The first-order valence-electron chi connectivity index (χ1n) is 19.3. The molecule has 0 spiro atoms. The molecule has 0 unspecified atom stereocenters. The van der Waals surface area contributed by atoms with E-state index in [-0.39, 0.29) is 10.8 Å². The van der Waals surface area contributed by atoms with Gasteiger partial charge in [-0.1, -0.05) is 138 Å². The van der Waals surface area contributed by atoms with Crippen LogP contribution in [0.3, 0.4) is 0 Å². The van der Waals surface area contributed by atoms with Gasteiger partial charge < -0.3 is 9.80 Å². The Morgan fingerprint density at radius 1 is 0.389 bits per heavy atom. The molecule has 7 rings (SSSR count). The zero-order valence-electron chi connectivity index (χ0n) is 33.8. The quantitative estimate of drug-likeness (QED) is 0.163. The lowest BCUT2D eigenvalue weighted by Gasteiger charge is -2.32. The summed E-state index contributed by atoms with van der Waals surface area (Å²) in [6, 6.07) is 54.2. The molecule has 54 heavy (non-hydrogen) atoms. The van der Waals surface area contributed by atoms with E-state index in [1.807, 2.05) is 0 Å². The number of fused-ring (bicyclic) bond motifs is 1. The predicted molar refractivity (Wildman–Crippen MR) is 235 cm³/mol. The number of benzene rings is 7. The molecule has 0 fully saturated rings. The van der Waals surface area contributed by atoms with Crippen molar-refractivity contribution >= 4 is 44.9 Å². The number of anilines is 6. The van der Waals surface area contributed by atoms with E-state index < -0.39 is 0 Å². The zero-order valence-corrected chi connectivity index (χ0v) is 33.8. The average Bonchev–Trinajstić information content (AvgIpc) is 3.14. The van der Waals surface area contributed by atoms with Gasteiger partial charge in [-0.2, -0.15) is 0 Å². The monoisotopic (exact) mass is 706 g/mol. The van der Waals surface area contributed by atoms with Gasteiger partial charge in [-0.15, -0.1) is 0 Å². The van der Waals surface area contributed by atoms with Gasteiger partial charge in [0, 0.05) is 28.4 Å². The highest BCUT2D eigenvalue weighted by Gasteiger charge is 2.23. The largest absolute Gasteiger partial charge is 0.310 e. The summed E-state index contributed by atoms with van der Waals surface area (Å²) in [5.41, 5.74) is 17.2. The maximum Gasteiger partial charge on any atom is 0.0520 e. The molecule has 0 N–H and O–H groups in total. The minimum atomic E-state index is 0.0605. The van der Waals surface area contributed by atoms with E-state index in [2.05, 4.69) is 225 Å². The topological polar surface area (TPSA) is 6.48 Å². The van der Waals surface area contributed by atoms with Crippen molar-refractivity contribution in [1.29, 1.82) is 0 Å². The Morgan fingerprint density at radius 2 is 0.870 bits per heavy atom. The molecule has 0 aliphatic heterocycles. The van der Waals surface area contributed by atoms with Crippen molar-refractivity contribution in [1.82, 2.24) is 0 Å². The summed E-state index contributed by atoms with van der Waals surface area (Å²) in [5.74, 6) is 0. The lowest BCUT2D eigenvalue weighted by Crippen LogP contribution is -2.16. The van der Waals surface area contributed by atoms with Crippen LogP contribution in [0.5, 0.6) is 0 Å². The van der Waals surface area contributed by atoms with Crippen LogP contribution in [0, 0.1) is 27.7 Å². The van der Waals surface area contributed by atoms with Gasteiger partial charge in [0.05, 0.1) is 5.69 Å². The second kappa shape index (κ2) is 14.3. The van der Waals surface area contributed by atoms with E-state index in [4.69, 9.17) is 0 Å². The molecule has 7 aromatic carbocycles. The molecule has 0 saturated heterocycles. The van der Waals surface area contributed by atoms with Crippen molar-refractivity contribution in [2.45, 2.75) is 80.1 Å². The highest BCUT2D eigenvalue weighted by molar-refractivity contribution is 6.03. The summed E-state index contributed by atoms with van der Waals surface area (Å²) >= 11 is 0. The maximum absolute atomic E-state index is 2.46. The van der Waals surface area contributed by atoms with Crippen LogP contribution in [0.1, 0.15) is 74.9 Å². The van der Waals surface area contributed by atoms with Crippen molar-refractivity contribution in [2.24, 2.45) is 0 Å². The van der Waals surface area contributed by atoms with Gasteiger partial charge in [0.25, 0.3) is 0 Å². The summed E-state index contributed by atoms with van der Waals surface area (Å²) < 4.78 is 0. The number of hydrogen-bond acceptors (Lipinski definition) is 2. The molecule has 0 saturated carbocycles. The third-order valence-electron chi connectivity index (χ3n) is 10.7. The van der Waals surface area contributed by atoms with Crippen molar-refractivity contribution < 1.29 is 0 Å². The van der Waals surface area contributed by atoms with Crippen LogP contribution in [0.25, 0.3) is 21.9 Å². The van der Waals surface area contributed by atoms with Crippen LogP contribution in [-0.2, 0) is 10.8 Å². The fourth-order valence-corrected chi connectivity index (χ4v) is 7.55. The van der Waals surface area contributed by atoms with E-state index in [0.29, 0.717) is 0 Å². The van der Waals surface area contributed by atoms with Gasteiger partial charge in [0.15, 0.2) is 0 Å². The van der Waals surface area contributed by atoms with Crippen LogP contribution < -0.4 is 9.80 Å². The molecule has 0 aliphatic rings. The molecular formula is C52H54N2. The van der Waals surface area contributed by atoms with Crippen molar-refractivity contribution in [3.05, 3.63) is 179 Å². The molecule has 7 aromatic rings. The first-order valence-corrected chi connectivity index (χ1v) is 19.3. The maximum atomic E-state index is 2.46. The van der Waals surface area contributed by atoms with Crippen molar-refractivity contribution in [2.75, 3.05) is 9.80 Å². The lowest BCUT2D eigenvalue weighted by atomic mass is 9.84. The first-order chi connectivity index (χ1) is 25.7. The molecule has 0 aromatic heterocycles.